The first-order valence-electron chi connectivity index (χ1n) is 6.76. The highest BCUT2D eigenvalue weighted by Crippen LogP contribution is 2.13. The van der Waals surface area contributed by atoms with E-state index in [0.29, 0.717) is 13.0 Å². The van der Waals surface area contributed by atoms with Crippen molar-refractivity contribution < 1.29 is 14.6 Å². The number of aliphatic hydroxyl groups excluding tert-OH is 1. The minimum absolute atomic E-state index is 0.0758. The zero-order chi connectivity index (χ0) is 13.9. The normalized spacial score (nSPS) is 10.2. The Labute approximate surface area is 114 Å². The third-order valence-corrected chi connectivity index (χ3v) is 2.93. The van der Waals surface area contributed by atoms with Gasteiger partial charge in [-0.25, -0.2) is 0 Å². The molecule has 0 radical (unpaired) electrons. The van der Waals surface area contributed by atoms with Gasteiger partial charge in [-0.2, -0.15) is 0 Å². The van der Waals surface area contributed by atoms with E-state index >= 15 is 0 Å². The first-order valence-corrected chi connectivity index (χ1v) is 6.76. The lowest BCUT2D eigenvalue weighted by Crippen LogP contribution is -2.24. The summed E-state index contributed by atoms with van der Waals surface area (Å²) in [6, 6.07) is 7.78. The van der Waals surface area contributed by atoms with Gasteiger partial charge in [-0.1, -0.05) is 12.1 Å². The zero-order valence-electron chi connectivity index (χ0n) is 11.5. The van der Waals surface area contributed by atoms with E-state index in [1.54, 1.807) is 7.11 Å². The van der Waals surface area contributed by atoms with E-state index in [4.69, 9.17) is 9.84 Å². The number of hydrogen-bond donors (Lipinski definition) is 2. The van der Waals surface area contributed by atoms with Gasteiger partial charge in [-0.05, 0) is 43.4 Å². The van der Waals surface area contributed by atoms with E-state index in [1.807, 2.05) is 24.3 Å². The molecule has 19 heavy (non-hydrogen) atoms. The monoisotopic (exact) mass is 265 g/mol. The molecule has 1 aromatic carbocycles. The molecule has 0 spiro atoms. The number of benzene rings is 1. The molecule has 0 bridgehead atoms. The summed E-state index contributed by atoms with van der Waals surface area (Å²) < 4.78 is 5.14. The summed E-state index contributed by atoms with van der Waals surface area (Å²) in [7, 11) is 1.64. The van der Waals surface area contributed by atoms with Gasteiger partial charge < -0.3 is 15.2 Å². The Kier molecular flexibility index (Phi) is 7.66. The average molecular weight is 265 g/mol. The average Bonchev–Trinajstić information content (AvgIpc) is 2.45. The van der Waals surface area contributed by atoms with Crippen molar-refractivity contribution in [2.24, 2.45) is 0 Å². The van der Waals surface area contributed by atoms with Crippen LogP contribution in [0.2, 0.25) is 0 Å². The van der Waals surface area contributed by atoms with Gasteiger partial charge in [0.05, 0.1) is 7.11 Å². The largest absolute Gasteiger partial charge is 0.497 e. The highest BCUT2D eigenvalue weighted by Gasteiger charge is 2.02. The van der Waals surface area contributed by atoms with Crippen LogP contribution in [0, 0.1) is 0 Å². The molecule has 1 aromatic rings. The Morgan fingerprint density at radius 2 is 2.16 bits per heavy atom. The van der Waals surface area contributed by atoms with Gasteiger partial charge >= 0.3 is 0 Å². The predicted octanol–water partition coefficient (Wildman–Crippen LogP) is 1.91. The van der Waals surface area contributed by atoms with Gasteiger partial charge in [0.1, 0.15) is 5.75 Å². The highest BCUT2D eigenvalue weighted by atomic mass is 16.5. The fourth-order valence-electron chi connectivity index (χ4n) is 1.82. The van der Waals surface area contributed by atoms with Crippen LogP contribution in [0.5, 0.6) is 5.75 Å². The van der Waals surface area contributed by atoms with Crippen LogP contribution in [0.15, 0.2) is 24.3 Å². The van der Waals surface area contributed by atoms with Gasteiger partial charge in [0, 0.05) is 19.6 Å². The van der Waals surface area contributed by atoms with Crippen LogP contribution in [0.3, 0.4) is 0 Å². The number of aliphatic hydroxyl groups is 1. The first kappa shape index (κ1) is 15.5. The van der Waals surface area contributed by atoms with Crippen LogP contribution in [0.4, 0.5) is 0 Å². The molecule has 2 N–H and O–H groups in total. The Bertz CT molecular complexity index is 379. The number of nitrogens with one attached hydrogen (secondary N) is 1. The Balaban J connectivity index is 2.18. The van der Waals surface area contributed by atoms with Crippen molar-refractivity contribution in [3.05, 3.63) is 29.8 Å². The van der Waals surface area contributed by atoms with Crippen molar-refractivity contribution in [1.29, 1.82) is 0 Å². The third kappa shape index (κ3) is 6.82. The number of methoxy groups -OCH3 is 1. The number of rotatable bonds is 9. The molecule has 4 heteroatoms. The molecule has 0 atom stereocenters. The van der Waals surface area contributed by atoms with Gasteiger partial charge in [-0.15, -0.1) is 0 Å². The van der Waals surface area contributed by atoms with E-state index in [9.17, 15) is 4.79 Å². The summed E-state index contributed by atoms with van der Waals surface area (Å²) in [5.74, 6) is 0.897. The second-order valence-electron chi connectivity index (χ2n) is 4.49. The molecular weight excluding hydrogens is 242 g/mol. The van der Waals surface area contributed by atoms with E-state index < -0.39 is 0 Å². The van der Waals surface area contributed by atoms with Crippen molar-refractivity contribution in [2.75, 3.05) is 20.3 Å². The van der Waals surface area contributed by atoms with Gasteiger partial charge in [0.25, 0.3) is 0 Å². The standard InChI is InChI=1S/C15H23NO3/c1-19-14-7-5-6-13(12-14)8-9-15(18)16-10-3-2-4-11-17/h5-7,12,17H,2-4,8-11H2,1H3,(H,16,18). The molecule has 1 rings (SSSR count). The maximum absolute atomic E-state index is 11.6. The Morgan fingerprint density at radius 1 is 1.32 bits per heavy atom. The van der Waals surface area contributed by atoms with Crippen molar-refractivity contribution >= 4 is 5.91 Å². The smallest absolute Gasteiger partial charge is 0.220 e. The second-order valence-corrected chi connectivity index (χ2v) is 4.49. The summed E-state index contributed by atoms with van der Waals surface area (Å²) >= 11 is 0. The number of ether oxygens (including phenoxy) is 1. The third-order valence-electron chi connectivity index (χ3n) is 2.93. The Morgan fingerprint density at radius 3 is 2.89 bits per heavy atom. The van der Waals surface area contributed by atoms with E-state index in [0.717, 1.165) is 37.0 Å². The second kappa shape index (κ2) is 9.39. The molecule has 0 saturated carbocycles. The van der Waals surface area contributed by atoms with Crippen LogP contribution in [0.1, 0.15) is 31.2 Å². The summed E-state index contributed by atoms with van der Waals surface area (Å²) in [6.45, 7) is 0.917. The van der Waals surface area contributed by atoms with Gasteiger partial charge in [0.15, 0.2) is 0 Å². The van der Waals surface area contributed by atoms with Crippen molar-refractivity contribution in [3.8, 4) is 5.75 Å². The SMILES string of the molecule is COc1cccc(CCC(=O)NCCCCCO)c1. The molecule has 1 amide bonds. The lowest BCUT2D eigenvalue weighted by atomic mass is 10.1. The summed E-state index contributed by atoms with van der Waals surface area (Å²) in [4.78, 5) is 11.6. The molecule has 0 aromatic heterocycles. The lowest BCUT2D eigenvalue weighted by Gasteiger charge is -2.06. The maximum Gasteiger partial charge on any atom is 0.220 e. The lowest BCUT2D eigenvalue weighted by molar-refractivity contribution is -0.121. The number of carbonyl (C=O) groups excluding carboxylic acids is 1. The number of aryl methyl sites for hydroxylation is 1. The van der Waals surface area contributed by atoms with Crippen molar-refractivity contribution in [3.63, 3.8) is 0 Å². The topological polar surface area (TPSA) is 58.6 Å². The number of unbranched alkanes of at least 4 members (excludes halogenated alkanes) is 2. The number of carbonyl (C=O) groups is 1. The summed E-state index contributed by atoms with van der Waals surface area (Å²) in [5, 5.41) is 11.5. The minimum atomic E-state index is 0.0758. The molecule has 4 nitrogen and oxygen atoms in total. The molecule has 0 aliphatic rings. The van der Waals surface area contributed by atoms with Gasteiger partial charge in [0.2, 0.25) is 5.91 Å². The number of amides is 1. The predicted molar refractivity (Wildman–Crippen MR) is 75.3 cm³/mol. The van der Waals surface area contributed by atoms with E-state index in [1.165, 1.54) is 0 Å². The minimum Gasteiger partial charge on any atom is -0.497 e. The van der Waals surface area contributed by atoms with Gasteiger partial charge in [-0.3, -0.25) is 4.79 Å². The van der Waals surface area contributed by atoms with Crippen molar-refractivity contribution in [1.82, 2.24) is 5.32 Å². The zero-order valence-corrected chi connectivity index (χ0v) is 11.5. The van der Waals surface area contributed by atoms with Crippen molar-refractivity contribution in [2.45, 2.75) is 32.1 Å². The fraction of sp³-hybridized carbons (Fsp3) is 0.533. The molecule has 0 aliphatic carbocycles. The molecule has 0 heterocycles. The quantitative estimate of drug-likeness (QED) is 0.671. The van der Waals surface area contributed by atoms with Crippen LogP contribution < -0.4 is 10.1 Å². The van der Waals surface area contributed by atoms with Crippen LogP contribution >= 0.6 is 0 Å². The number of hydrogen-bond acceptors (Lipinski definition) is 3. The van der Waals surface area contributed by atoms with E-state index in [2.05, 4.69) is 5.32 Å². The highest BCUT2D eigenvalue weighted by molar-refractivity contribution is 5.76. The van der Waals surface area contributed by atoms with Crippen LogP contribution in [0.25, 0.3) is 0 Å². The van der Waals surface area contributed by atoms with Crippen LogP contribution in [-0.4, -0.2) is 31.3 Å². The fourth-order valence-corrected chi connectivity index (χ4v) is 1.82. The molecular formula is C15H23NO3. The molecule has 0 fully saturated rings. The summed E-state index contributed by atoms with van der Waals surface area (Å²) in [5.41, 5.74) is 1.11. The molecule has 0 saturated heterocycles. The maximum atomic E-state index is 11.6. The van der Waals surface area contributed by atoms with E-state index in [-0.39, 0.29) is 12.5 Å². The molecule has 106 valence electrons. The van der Waals surface area contributed by atoms with Crippen LogP contribution in [-0.2, 0) is 11.2 Å². The molecule has 0 aliphatic heterocycles. The summed E-state index contributed by atoms with van der Waals surface area (Å²) in [6.07, 6.45) is 3.89. The first-order chi connectivity index (χ1) is 9.26. The molecule has 0 unspecified atom stereocenters. The Hall–Kier alpha value is -1.55.